The zero-order valence-electron chi connectivity index (χ0n) is 11.0. The van der Waals surface area contributed by atoms with Crippen LogP contribution in [-0.2, 0) is 17.4 Å². The molecule has 112 valence electrons. The van der Waals surface area contributed by atoms with Gasteiger partial charge in [0.1, 0.15) is 0 Å². The zero-order chi connectivity index (χ0) is 15.5. The molecule has 2 rings (SSSR count). The van der Waals surface area contributed by atoms with Crippen LogP contribution in [0.3, 0.4) is 0 Å². The third-order valence-corrected chi connectivity index (χ3v) is 2.91. The molecule has 2 aromatic rings. The first-order valence-electron chi connectivity index (χ1n) is 6.30. The molecule has 0 bridgehead atoms. The molecule has 0 saturated carbocycles. The van der Waals surface area contributed by atoms with Crippen LogP contribution >= 0.6 is 0 Å². The van der Waals surface area contributed by atoms with Crippen LogP contribution in [0.5, 0.6) is 0 Å². The van der Waals surface area contributed by atoms with Gasteiger partial charge in [0.15, 0.2) is 5.69 Å². The number of aryl methyl sites for hydroxylation is 1. The van der Waals surface area contributed by atoms with E-state index in [9.17, 15) is 18.0 Å². The number of halogens is 3. The van der Waals surface area contributed by atoms with Crippen LogP contribution in [-0.4, -0.2) is 20.9 Å². The second kappa shape index (κ2) is 5.99. The van der Waals surface area contributed by atoms with E-state index in [1.54, 1.807) is 24.3 Å². The van der Waals surface area contributed by atoms with Crippen molar-refractivity contribution in [2.75, 3.05) is 0 Å². The summed E-state index contributed by atoms with van der Waals surface area (Å²) < 4.78 is 38.7. The lowest BCUT2D eigenvalue weighted by Crippen LogP contribution is -2.07. The highest BCUT2D eigenvalue weighted by molar-refractivity contribution is 5.66. The Kier molecular flexibility index (Phi) is 4.30. The molecule has 1 N–H and O–H groups in total. The maximum atomic E-state index is 12.5. The number of carboxylic acids is 1. The van der Waals surface area contributed by atoms with Crippen molar-refractivity contribution in [3.8, 4) is 5.69 Å². The van der Waals surface area contributed by atoms with E-state index < -0.39 is 17.8 Å². The Bertz CT molecular complexity index is 635. The highest BCUT2D eigenvalue weighted by Crippen LogP contribution is 2.27. The predicted molar refractivity (Wildman–Crippen MR) is 69.1 cm³/mol. The third kappa shape index (κ3) is 4.08. The van der Waals surface area contributed by atoms with E-state index in [2.05, 4.69) is 5.10 Å². The van der Waals surface area contributed by atoms with Gasteiger partial charge < -0.3 is 5.11 Å². The molecule has 0 amide bonds. The molecular formula is C14H13F3N2O2. The van der Waals surface area contributed by atoms with Crippen LogP contribution in [0.25, 0.3) is 5.69 Å². The van der Waals surface area contributed by atoms with Gasteiger partial charge in [0.2, 0.25) is 0 Å². The summed E-state index contributed by atoms with van der Waals surface area (Å²) in [6.07, 6.45) is -2.13. The topological polar surface area (TPSA) is 55.1 Å². The summed E-state index contributed by atoms with van der Waals surface area (Å²) in [5, 5.41) is 12.1. The van der Waals surface area contributed by atoms with Gasteiger partial charge >= 0.3 is 12.1 Å². The van der Waals surface area contributed by atoms with Crippen LogP contribution < -0.4 is 0 Å². The van der Waals surface area contributed by atoms with Crippen molar-refractivity contribution in [1.29, 1.82) is 0 Å². The number of alkyl halides is 3. The molecule has 0 aliphatic carbocycles. The Morgan fingerprint density at radius 1 is 1.29 bits per heavy atom. The predicted octanol–water partition coefficient (Wildman–Crippen LogP) is 3.30. The van der Waals surface area contributed by atoms with Crippen LogP contribution in [0.4, 0.5) is 13.2 Å². The van der Waals surface area contributed by atoms with E-state index in [1.807, 2.05) is 0 Å². The van der Waals surface area contributed by atoms with Crippen LogP contribution in [0.2, 0.25) is 0 Å². The number of hydrogen-bond donors (Lipinski definition) is 1. The number of aromatic nitrogens is 2. The molecule has 21 heavy (non-hydrogen) atoms. The molecule has 7 heteroatoms. The van der Waals surface area contributed by atoms with E-state index in [0.717, 1.165) is 16.3 Å². The third-order valence-electron chi connectivity index (χ3n) is 2.91. The first-order valence-corrected chi connectivity index (χ1v) is 6.30. The van der Waals surface area contributed by atoms with Gasteiger partial charge in [-0.25, -0.2) is 4.68 Å². The Hall–Kier alpha value is -2.31. The number of nitrogens with zero attached hydrogens (tertiary/aromatic N) is 2. The maximum Gasteiger partial charge on any atom is 0.435 e. The Morgan fingerprint density at radius 3 is 2.67 bits per heavy atom. The molecule has 0 radical (unpaired) electrons. The minimum atomic E-state index is -4.47. The smallest absolute Gasteiger partial charge is 0.435 e. The van der Waals surface area contributed by atoms with Gasteiger partial charge in [0, 0.05) is 12.6 Å². The Morgan fingerprint density at radius 2 is 2.05 bits per heavy atom. The van der Waals surface area contributed by atoms with Crippen molar-refractivity contribution in [2.24, 2.45) is 0 Å². The Balaban J connectivity index is 2.13. The van der Waals surface area contributed by atoms with Gasteiger partial charge in [0.05, 0.1) is 5.69 Å². The lowest BCUT2D eigenvalue weighted by atomic mass is 10.1. The summed E-state index contributed by atoms with van der Waals surface area (Å²) >= 11 is 0. The van der Waals surface area contributed by atoms with Crippen LogP contribution in [0.15, 0.2) is 36.5 Å². The molecule has 0 spiro atoms. The normalized spacial score (nSPS) is 11.6. The number of carboxylic acid groups (broad SMARTS) is 1. The monoisotopic (exact) mass is 298 g/mol. The van der Waals surface area contributed by atoms with Crippen molar-refractivity contribution < 1.29 is 23.1 Å². The van der Waals surface area contributed by atoms with Gasteiger partial charge in [0.25, 0.3) is 0 Å². The molecule has 0 saturated heterocycles. The van der Waals surface area contributed by atoms with Gasteiger partial charge in [-0.1, -0.05) is 12.1 Å². The van der Waals surface area contributed by atoms with E-state index in [4.69, 9.17) is 5.11 Å². The van der Waals surface area contributed by atoms with Gasteiger partial charge in [-0.05, 0) is 36.6 Å². The number of benzene rings is 1. The fraction of sp³-hybridized carbons (Fsp3) is 0.286. The fourth-order valence-electron chi connectivity index (χ4n) is 1.92. The van der Waals surface area contributed by atoms with E-state index in [1.165, 1.54) is 6.20 Å². The standard InChI is InChI=1S/C14H13F3N2O2/c15-14(16,17)12-7-8-19(18-12)11-5-1-3-10(9-11)4-2-6-13(20)21/h1,3,5,7-9H,2,4,6H2,(H,20,21). The zero-order valence-corrected chi connectivity index (χ0v) is 11.0. The molecule has 0 aliphatic rings. The SMILES string of the molecule is O=C(O)CCCc1cccc(-n2ccc(C(F)(F)F)n2)c1. The lowest BCUT2D eigenvalue weighted by Gasteiger charge is -2.06. The van der Waals surface area contributed by atoms with E-state index in [0.29, 0.717) is 18.5 Å². The van der Waals surface area contributed by atoms with Crippen molar-refractivity contribution in [1.82, 2.24) is 9.78 Å². The van der Waals surface area contributed by atoms with Crippen molar-refractivity contribution in [2.45, 2.75) is 25.4 Å². The summed E-state index contributed by atoms with van der Waals surface area (Å²) in [5.41, 5.74) is 0.426. The van der Waals surface area contributed by atoms with E-state index >= 15 is 0 Å². The molecule has 0 atom stereocenters. The van der Waals surface area contributed by atoms with Crippen molar-refractivity contribution >= 4 is 5.97 Å². The number of aliphatic carboxylic acids is 1. The number of rotatable bonds is 5. The van der Waals surface area contributed by atoms with Gasteiger partial charge in [-0.2, -0.15) is 18.3 Å². The highest BCUT2D eigenvalue weighted by Gasteiger charge is 2.33. The highest BCUT2D eigenvalue weighted by atomic mass is 19.4. The summed E-state index contributed by atoms with van der Waals surface area (Å²) in [7, 11) is 0. The maximum absolute atomic E-state index is 12.5. The first kappa shape index (κ1) is 15.1. The largest absolute Gasteiger partial charge is 0.481 e. The summed E-state index contributed by atoms with van der Waals surface area (Å²) in [4.78, 5) is 10.5. The molecule has 0 fully saturated rings. The molecule has 0 aliphatic heterocycles. The second-order valence-corrected chi connectivity index (χ2v) is 4.56. The summed E-state index contributed by atoms with van der Waals surface area (Å²) in [6.45, 7) is 0. The Labute approximate surface area is 118 Å². The number of hydrogen-bond acceptors (Lipinski definition) is 2. The van der Waals surface area contributed by atoms with Crippen LogP contribution in [0.1, 0.15) is 24.1 Å². The fourth-order valence-corrected chi connectivity index (χ4v) is 1.92. The molecule has 1 heterocycles. The number of carbonyl (C=O) groups is 1. The van der Waals surface area contributed by atoms with Gasteiger partial charge in [-0.3, -0.25) is 4.79 Å². The lowest BCUT2D eigenvalue weighted by molar-refractivity contribution is -0.141. The van der Waals surface area contributed by atoms with E-state index in [-0.39, 0.29) is 6.42 Å². The summed E-state index contributed by atoms with van der Waals surface area (Å²) in [5.74, 6) is -0.868. The molecule has 4 nitrogen and oxygen atoms in total. The van der Waals surface area contributed by atoms with Crippen molar-refractivity contribution in [3.63, 3.8) is 0 Å². The molecule has 0 unspecified atom stereocenters. The van der Waals surface area contributed by atoms with Gasteiger partial charge in [-0.15, -0.1) is 0 Å². The molecule has 1 aromatic carbocycles. The second-order valence-electron chi connectivity index (χ2n) is 4.56. The molecular weight excluding hydrogens is 285 g/mol. The van der Waals surface area contributed by atoms with Crippen molar-refractivity contribution in [3.05, 3.63) is 47.8 Å². The summed E-state index contributed by atoms with van der Waals surface area (Å²) in [6, 6.07) is 7.78. The molecule has 1 aromatic heterocycles. The minimum Gasteiger partial charge on any atom is -0.481 e. The average molecular weight is 298 g/mol. The average Bonchev–Trinajstić information content (AvgIpc) is 2.88. The van der Waals surface area contributed by atoms with Crippen LogP contribution in [0, 0.1) is 0 Å². The first-order chi connectivity index (χ1) is 9.86. The minimum absolute atomic E-state index is 0.0597. The quantitative estimate of drug-likeness (QED) is 0.921.